The van der Waals surface area contributed by atoms with Gasteiger partial charge in [0, 0.05) is 16.2 Å². The highest BCUT2D eigenvalue weighted by atomic mass is 79.9. The first-order valence-electron chi connectivity index (χ1n) is 5.93. The summed E-state index contributed by atoms with van der Waals surface area (Å²) in [5.41, 5.74) is 1.34. The zero-order chi connectivity index (χ0) is 14.1. The highest BCUT2D eigenvalue weighted by Crippen LogP contribution is 2.22. The Hall–Kier alpha value is -2.27. The van der Waals surface area contributed by atoms with Crippen LogP contribution in [0.25, 0.3) is 16.9 Å². The summed E-state index contributed by atoms with van der Waals surface area (Å²) in [6, 6.07) is 12.6. The van der Waals surface area contributed by atoms with Gasteiger partial charge in [-0.3, -0.25) is 14.0 Å². The number of aldehydes is 1. The van der Waals surface area contributed by atoms with Gasteiger partial charge in [-0.15, -0.1) is 0 Å². The molecule has 1 aromatic carbocycles. The number of benzene rings is 1. The zero-order valence-electron chi connectivity index (χ0n) is 10.3. The largest absolute Gasteiger partial charge is 0.298 e. The molecule has 3 rings (SSSR count). The molecule has 0 radical (unpaired) electrons. The summed E-state index contributed by atoms with van der Waals surface area (Å²) in [5.74, 6) is 0. The molecule has 4 nitrogen and oxygen atoms in total. The van der Waals surface area contributed by atoms with Crippen LogP contribution in [0.4, 0.5) is 0 Å². The van der Waals surface area contributed by atoms with E-state index in [4.69, 9.17) is 0 Å². The van der Waals surface area contributed by atoms with Crippen molar-refractivity contribution in [3.8, 4) is 11.3 Å². The molecule has 0 saturated heterocycles. The van der Waals surface area contributed by atoms with Crippen molar-refractivity contribution in [2.24, 2.45) is 0 Å². The van der Waals surface area contributed by atoms with Crippen molar-refractivity contribution in [1.29, 1.82) is 0 Å². The molecule has 2 heterocycles. The van der Waals surface area contributed by atoms with E-state index >= 15 is 0 Å². The topological polar surface area (TPSA) is 51.4 Å². The Morgan fingerprint density at radius 2 is 2.00 bits per heavy atom. The van der Waals surface area contributed by atoms with Gasteiger partial charge in [-0.25, -0.2) is 4.98 Å². The summed E-state index contributed by atoms with van der Waals surface area (Å²) in [6.45, 7) is 0. The van der Waals surface area contributed by atoms with Gasteiger partial charge in [0.05, 0.1) is 5.69 Å². The molecular weight excluding hydrogens is 320 g/mol. The van der Waals surface area contributed by atoms with E-state index in [0.717, 1.165) is 10.0 Å². The van der Waals surface area contributed by atoms with Gasteiger partial charge in [0.1, 0.15) is 11.2 Å². The summed E-state index contributed by atoms with van der Waals surface area (Å²) in [6.07, 6.45) is 2.16. The van der Waals surface area contributed by atoms with Crippen molar-refractivity contribution in [3.63, 3.8) is 0 Å². The molecule has 20 heavy (non-hydrogen) atoms. The fraction of sp³-hybridized carbons (Fsp3) is 0. The number of rotatable bonds is 2. The van der Waals surface area contributed by atoms with Crippen molar-refractivity contribution in [2.45, 2.75) is 0 Å². The number of halogens is 1. The second-order valence-corrected chi connectivity index (χ2v) is 5.15. The highest BCUT2D eigenvalue weighted by molar-refractivity contribution is 9.10. The molecule has 5 heteroatoms. The monoisotopic (exact) mass is 328 g/mol. The molecular formula is C15H9BrN2O2. The Bertz CT molecular complexity index is 871. The highest BCUT2D eigenvalue weighted by Gasteiger charge is 2.13. The van der Waals surface area contributed by atoms with Crippen molar-refractivity contribution in [2.75, 3.05) is 0 Å². The Morgan fingerprint density at radius 3 is 2.75 bits per heavy atom. The van der Waals surface area contributed by atoms with Crippen molar-refractivity contribution >= 4 is 27.9 Å². The van der Waals surface area contributed by atoms with E-state index in [-0.39, 0.29) is 11.1 Å². The standard InChI is InChI=1S/C15H9BrN2O2/c16-11-5-3-4-10(8-11)14-12(9-19)15(20)18-7-2-1-6-13(18)17-14/h1-9H. The summed E-state index contributed by atoms with van der Waals surface area (Å²) in [4.78, 5) is 28.0. The summed E-state index contributed by atoms with van der Waals surface area (Å²) >= 11 is 3.37. The number of aromatic nitrogens is 2. The van der Waals surface area contributed by atoms with Crippen LogP contribution in [0.15, 0.2) is 57.9 Å². The van der Waals surface area contributed by atoms with Gasteiger partial charge in [-0.1, -0.05) is 34.1 Å². The minimum atomic E-state index is -0.361. The first-order chi connectivity index (χ1) is 9.70. The molecule has 0 amide bonds. The van der Waals surface area contributed by atoms with Crippen LogP contribution in [0, 0.1) is 0 Å². The van der Waals surface area contributed by atoms with E-state index in [0.29, 0.717) is 17.6 Å². The Labute approximate surface area is 122 Å². The van der Waals surface area contributed by atoms with Crippen LogP contribution in [0.5, 0.6) is 0 Å². The maximum absolute atomic E-state index is 12.3. The van der Waals surface area contributed by atoms with E-state index in [2.05, 4.69) is 20.9 Å². The molecule has 0 aliphatic rings. The number of carbonyl (C=O) groups excluding carboxylic acids is 1. The van der Waals surface area contributed by atoms with Crippen LogP contribution in [0.3, 0.4) is 0 Å². The average Bonchev–Trinajstić information content (AvgIpc) is 2.47. The third kappa shape index (κ3) is 2.06. The van der Waals surface area contributed by atoms with E-state index in [1.54, 1.807) is 24.4 Å². The van der Waals surface area contributed by atoms with Crippen molar-refractivity contribution in [3.05, 3.63) is 69.1 Å². The Kier molecular flexibility index (Phi) is 3.20. The van der Waals surface area contributed by atoms with Crippen LogP contribution in [-0.4, -0.2) is 15.7 Å². The van der Waals surface area contributed by atoms with Crippen LogP contribution in [0.2, 0.25) is 0 Å². The van der Waals surface area contributed by atoms with Gasteiger partial charge >= 0.3 is 0 Å². The normalized spacial score (nSPS) is 10.7. The quantitative estimate of drug-likeness (QED) is 0.679. The van der Waals surface area contributed by atoms with E-state index in [1.165, 1.54) is 4.40 Å². The van der Waals surface area contributed by atoms with Gasteiger partial charge in [0.15, 0.2) is 6.29 Å². The number of pyridine rings is 1. The zero-order valence-corrected chi connectivity index (χ0v) is 11.9. The maximum atomic E-state index is 12.3. The number of carbonyl (C=O) groups is 1. The van der Waals surface area contributed by atoms with Gasteiger partial charge in [0.2, 0.25) is 0 Å². The Morgan fingerprint density at radius 1 is 1.15 bits per heavy atom. The molecule has 98 valence electrons. The summed E-state index contributed by atoms with van der Waals surface area (Å²) < 4.78 is 2.23. The first-order valence-corrected chi connectivity index (χ1v) is 6.72. The van der Waals surface area contributed by atoms with Gasteiger partial charge in [-0.2, -0.15) is 0 Å². The third-order valence-corrected chi connectivity index (χ3v) is 3.48. The van der Waals surface area contributed by atoms with Gasteiger partial charge < -0.3 is 0 Å². The molecule has 3 aromatic rings. The fourth-order valence-electron chi connectivity index (χ4n) is 2.06. The number of hydrogen-bond donors (Lipinski definition) is 0. The molecule has 0 unspecified atom stereocenters. The number of fused-ring (bicyclic) bond motifs is 1. The molecule has 0 N–H and O–H groups in total. The van der Waals surface area contributed by atoms with E-state index in [9.17, 15) is 9.59 Å². The lowest BCUT2D eigenvalue weighted by atomic mass is 10.1. The van der Waals surface area contributed by atoms with Gasteiger partial charge in [-0.05, 0) is 24.3 Å². The second kappa shape index (κ2) is 5.02. The van der Waals surface area contributed by atoms with Crippen LogP contribution < -0.4 is 5.56 Å². The molecule has 0 aliphatic heterocycles. The molecule has 2 aromatic heterocycles. The van der Waals surface area contributed by atoms with Crippen LogP contribution in [0.1, 0.15) is 10.4 Å². The maximum Gasteiger partial charge on any atom is 0.269 e. The Balaban J connectivity index is 2.41. The lowest BCUT2D eigenvalue weighted by Gasteiger charge is -2.07. The smallest absolute Gasteiger partial charge is 0.269 e. The summed E-state index contributed by atoms with van der Waals surface area (Å²) in [5, 5.41) is 0. The van der Waals surface area contributed by atoms with E-state index in [1.807, 2.05) is 24.3 Å². The van der Waals surface area contributed by atoms with Crippen LogP contribution in [-0.2, 0) is 0 Å². The van der Waals surface area contributed by atoms with Crippen LogP contribution >= 0.6 is 15.9 Å². The van der Waals surface area contributed by atoms with E-state index < -0.39 is 0 Å². The minimum absolute atomic E-state index is 0.0619. The SMILES string of the molecule is O=Cc1c(-c2cccc(Br)c2)nc2ccccn2c1=O. The molecule has 0 fully saturated rings. The number of nitrogens with zero attached hydrogens (tertiary/aromatic N) is 2. The number of hydrogen-bond acceptors (Lipinski definition) is 3. The van der Waals surface area contributed by atoms with Crippen molar-refractivity contribution in [1.82, 2.24) is 9.38 Å². The molecule has 0 saturated carbocycles. The first kappa shape index (κ1) is 12.7. The average molecular weight is 329 g/mol. The fourth-order valence-corrected chi connectivity index (χ4v) is 2.46. The van der Waals surface area contributed by atoms with Gasteiger partial charge in [0.25, 0.3) is 5.56 Å². The summed E-state index contributed by atoms with van der Waals surface area (Å²) in [7, 11) is 0. The minimum Gasteiger partial charge on any atom is -0.298 e. The lowest BCUT2D eigenvalue weighted by Crippen LogP contribution is -2.20. The predicted molar refractivity (Wildman–Crippen MR) is 80.0 cm³/mol. The second-order valence-electron chi connectivity index (χ2n) is 4.24. The third-order valence-electron chi connectivity index (χ3n) is 2.98. The lowest BCUT2D eigenvalue weighted by molar-refractivity contribution is 0.112. The molecule has 0 atom stereocenters. The predicted octanol–water partition coefficient (Wildman–Crippen LogP) is 2.94. The molecule has 0 spiro atoms. The van der Waals surface area contributed by atoms with Crippen molar-refractivity contribution < 1.29 is 4.79 Å². The molecule has 0 aliphatic carbocycles. The molecule has 0 bridgehead atoms.